The molecule has 0 aliphatic carbocycles. The lowest BCUT2D eigenvalue weighted by atomic mass is 10.2. The van der Waals surface area contributed by atoms with Crippen molar-refractivity contribution in [3.8, 4) is 5.69 Å². The van der Waals surface area contributed by atoms with Crippen molar-refractivity contribution in [2.24, 2.45) is 0 Å². The molecule has 19 heavy (non-hydrogen) atoms. The van der Waals surface area contributed by atoms with Crippen molar-refractivity contribution in [1.82, 2.24) is 9.88 Å². The lowest BCUT2D eigenvalue weighted by molar-refractivity contribution is -0.121. The van der Waals surface area contributed by atoms with E-state index in [9.17, 15) is 9.18 Å². The van der Waals surface area contributed by atoms with Gasteiger partial charge in [-0.25, -0.2) is 4.39 Å². The highest BCUT2D eigenvalue weighted by atomic mass is 19.1. The van der Waals surface area contributed by atoms with Gasteiger partial charge in [-0.1, -0.05) is 0 Å². The van der Waals surface area contributed by atoms with Crippen molar-refractivity contribution in [1.29, 1.82) is 0 Å². The number of nitrogens with one attached hydrogen (secondary N) is 1. The van der Waals surface area contributed by atoms with Crippen molar-refractivity contribution >= 4 is 5.91 Å². The topological polar surface area (TPSA) is 34.0 Å². The van der Waals surface area contributed by atoms with E-state index in [0.717, 1.165) is 11.4 Å². The molecule has 0 saturated heterocycles. The van der Waals surface area contributed by atoms with Crippen molar-refractivity contribution in [2.75, 3.05) is 0 Å². The number of nitrogens with zero attached hydrogens (tertiary/aromatic N) is 1. The molecular formula is C15H17FN2O. The van der Waals surface area contributed by atoms with E-state index >= 15 is 0 Å². The summed E-state index contributed by atoms with van der Waals surface area (Å²) in [5.41, 5.74) is 1.73. The number of benzene rings is 1. The first-order valence-electron chi connectivity index (χ1n) is 6.28. The zero-order valence-corrected chi connectivity index (χ0v) is 11.1. The van der Waals surface area contributed by atoms with Gasteiger partial charge in [0.2, 0.25) is 5.91 Å². The van der Waals surface area contributed by atoms with Gasteiger partial charge in [0.05, 0.1) is 6.42 Å². The predicted molar refractivity (Wildman–Crippen MR) is 72.7 cm³/mol. The molecule has 1 aromatic heterocycles. The van der Waals surface area contributed by atoms with E-state index in [4.69, 9.17) is 0 Å². The number of hydrogen-bond acceptors (Lipinski definition) is 1. The van der Waals surface area contributed by atoms with E-state index in [1.54, 1.807) is 12.1 Å². The van der Waals surface area contributed by atoms with Crippen molar-refractivity contribution in [2.45, 2.75) is 26.3 Å². The van der Waals surface area contributed by atoms with Gasteiger partial charge in [-0.05, 0) is 50.2 Å². The van der Waals surface area contributed by atoms with Crippen LogP contribution in [-0.2, 0) is 11.2 Å². The van der Waals surface area contributed by atoms with Crippen LogP contribution in [0.3, 0.4) is 0 Å². The largest absolute Gasteiger partial charge is 0.354 e. The minimum atomic E-state index is -0.269. The fourth-order valence-corrected chi connectivity index (χ4v) is 1.95. The molecule has 2 rings (SSSR count). The molecule has 1 amide bonds. The number of hydrogen-bond donors (Lipinski definition) is 1. The Balaban J connectivity index is 2.18. The SMILES string of the molecule is CC(C)NC(=O)Cc1cccn1-c1ccc(F)cc1. The molecule has 3 nitrogen and oxygen atoms in total. The third-order valence-corrected chi connectivity index (χ3v) is 2.73. The number of amides is 1. The zero-order chi connectivity index (χ0) is 13.8. The maximum atomic E-state index is 12.9. The van der Waals surface area contributed by atoms with Crippen LogP contribution in [0.15, 0.2) is 42.6 Å². The smallest absolute Gasteiger partial charge is 0.226 e. The summed E-state index contributed by atoms with van der Waals surface area (Å²) in [7, 11) is 0. The molecule has 4 heteroatoms. The highest BCUT2D eigenvalue weighted by molar-refractivity contribution is 5.78. The van der Waals surface area contributed by atoms with Crippen LogP contribution in [0.1, 0.15) is 19.5 Å². The van der Waals surface area contributed by atoms with E-state index < -0.39 is 0 Å². The maximum Gasteiger partial charge on any atom is 0.226 e. The first-order chi connectivity index (χ1) is 9.06. The zero-order valence-electron chi connectivity index (χ0n) is 11.1. The van der Waals surface area contributed by atoms with Gasteiger partial charge in [0.25, 0.3) is 0 Å². The van der Waals surface area contributed by atoms with Crippen LogP contribution in [0.4, 0.5) is 4.39 Å². The van der Waals surface area contributed by atoms with Gasteiger partial charge in [0.1, 0.15) is 5.82 Å². The molecule has 100 valence electrons. The average Bonchev–Trinajstić information content (AvgIpc) is 2.77. The van der Waals surface area contributed by atoms with Gasteiger partial charge >= 0.3 is 0 Å². The molecule has 0 aliphatic rings. The van der Waals surface area contributed by atoms with Crippen LogP contribution in [0.2, 0.25) is 0 Å². The lowest BCUT2D eigenvalue weighted by Gasteiger charge is -2.11. The highest BCUT2D eigenvalue weighted by Gasteiger charge is 2.09. The minimum absolute atomic E-state index is 0.0166. The van der Waals surface area contributed by atoms with Gasteiger partial charge in [-0.2, -0.15) is 0 Å². The highest BCUT2D eigenvalue weighted by Crippen LogP contribution is 2.14. The number of carbonyl (C=O) groups excluding carboxylic acids is 1. The molecule has 0 bridgehead atoms. The molecule has 1 heterocycles. The second-order valence-corrected chi connectivity index (χ2v) is 4.74. The molecule has 0 spiro atoms. The fraction of sp³-hybridized carbons (Fsp3) is 0.267. The summed E-state index contributed by atoms with van der Waals surface area (Å²) in [5, 5.41) is 2.86. The predicted octanol–water partition coefficient (Wildman–Crippen LogP) is 2.68. The number of carbonyl (C=O) groups is 1. The Morgan fingerprint density at radius 3 is 2.58 bits per heavy atom. The Bertz CT molecular complexity index is 558. The Labute approximate surface area is 112 Å². The Hall–Kier alpha value is -2.10. The number of aromatic nitrogens is 1. The molecule has 2 aromatic rings. The standard InChI is InChI=1S/C15H17FN2O/c1-11(2)17-15(19)10-14-4-3-9-18(14)13-7-5-12(16)6-8-13/h3-9,11H,10H2,1-2H3,(H,17,19). The van der Waals surface area contributed by atoms with E-state index in [0.29, 0.717) is 6.42 Å². The molecule has 0 radical (unpaired) electrons. The molecule has 0 saturated carbocycles. The molecule has 0 aliphatic heterocycles. The second kappa shape index (κ2) is 5.69. The van der Waals surface area contributed by atoms with Crippen molar-refractivity contribution in [3.05, 3.63) is 54.1 Å². The monoisotopic (exact) mass is 260 g/mol. The average molecular weight is 260 g/mol. The Kier molecular flexibility index (Phi) is 4.00. The molecule has 0 unspecified atom stereocenters. The summed E-state index contributed by atoms with van der Waals surface area (Å²) in [6.07, 6.45) is 2.17. The molecule has 1 N–H and O–H groups in total. The van der Waals surface area contributed by atoms with Crippen LogP contribution in [0.5, 0.6) is 0 Å². The van der Waals surface area contributed by atoms with Gasteiger partial charge in [-0.15, -0.1) is 0 Å². The summed E-state index contributed by atoms with van der Waals surface area (Å²) in [6.45, 7) is 3.86. The number of rotatable bonds is 4. The first-order valence-corrected chi connectivity index (χ1v) is 6.28. The van der Waals surface area contributed by atoms with Crippen LogP contribution in [-0.4, -0.2) is 16.5 Å². The number of halogens is 1. The van der Waals surface area contributed by atoms with Crippen LogP contribution in [0, 0.1) is 5.82 Å². The Morgan fingerprint density at radius 2 is 1.95 bits per heavy atom. The van der Waals surface area contributed by atoms with Crippen LogP contribution >= 0.6 is 0 Å². The lowest BCUT2D eigenvalue weighted by Crippen LogP contribution is -2.31. The van der Waals surface area contributed by atoms with Crippen molar-refractivity contribution < 1.29 is 9.18 Å². The van der Waals surface area contributed by atoms with Gasteiger partial charge in [-0.3, -0.25) is 4.79 Å². The van der Waals surface area contributed by atoms with Crippen LogP contribution in [0.25, 0.3) is 5.69 Å². The summed E-state index contributed by atoms with van der Waals surface area (Å²) in [5.74, 6) is -0.285. The van der Waals surface area contributed by atoms with E-state index in [1.165, 1.54) is 12.1 Å². The summed E-state index contributed by atoms with van der Waals surface area (Å²) < 4.78 is 14.8. The van der Waals surface area contributed by atoms with Gasteiger partial charge in [0, 0.05) is 23.6 Å². The molecule has 1 aromatic carbocycles. The third kappa shape index (κ3) is 3.44. The van der Waals surface area contributed by atoms with E-state index in [-0.39, 0.29) is 17.8 Å². The third-order valence-electron chi connectivity index (χ3n) is 2.73. The Morgan fingerprint density at radius 1 is 1.26 bits per heavy atom. The van der Waals surface area contributed by atoms with Gasteiger partial charge in [0.15, 0.2) is 0 Å². The van der Waals surface area contributed by atoms with E-state index in [1.807, 2.05) is 36.7 Å². The summed E-state index contributed by atoms with van der Waals surface area (Å²) in [4.78, 5) is 11.8. The normalized spacial score (nSPS) is 10.7. The van der Waals surface area contributed by atoms with Crippen molar-refractivity contribution in [3.63, 3.8) is 0 Å². The fourth-order valence-electron chi connectivity index (χ4n) is 1.95. The quantitative estimate of drug-likeness (QED) is 0.901. The first kappa shape index (κ1) is 13.3. The minimum Gasteiger partial charge on any atom is -0.354 e. The van der Waals surface area contributed by atoms with E-state index in [2.05, 4.69) is 5.32 Å². The summed E-state index contributed by atoms with van der Waals surface area (Å²) in [6, 6.07) is 10.1. The second-order valence-electron chi connectivity index (χ2n) is 4.74. The van der Waals surface area contributed by atoms with Gasteiger partial charge < -0.3 is 9.88 Å². The molecule has 0 atom stereocenters. The molecular weight excluding hydrogens is 243 g/mol. The maximum absolute atomic E-state index is 12.9. The molecule has 0 fully saturated rings. The van der Waals surface area contributed by atoms with Crippen LogP contribution < -0.4 is 5.32 Å². The summed E-state index contributed by atoms with van der Waals surface area (Å²) >= 11 is 0.